The quantitative estimate of drug-likeness (QED) is 0.687. The molecule has 1 aromatic heterocycles. The van der Waals surface area contributed by atoms with Crippen LogP contribution in [0.5, 0.6) is 5.75 Å². The van der Waals surface area contributed by atoms with Crippen molar-refractivity contribution in [3.8, 4) is 11.8 Å². The van der Waals surface area contributed by atoms with Crippen molar-refractivity contribution in [1.29, 1.82) is 5.26 Å². The maximum Gasteiger partial charge on any atom is 0.266 e. The predicted molar refractivity (Wildman–Crippen MR) is 89.2 cm³/mol. The maximum atomic E-state index is 12.3. The minimum atomic E-state index is -0.524. The van der Waals surface area contributed by atoms with Crippen LogP contribution in [0.1, 0.15) is 11.1 Å². The zero-order valence-corrected chi connectivity index (χ0v) is 13.4. The van der Waals surface area contributed by atoms with E-state index < -0.39 is 5.91 Å². The second-order valence-corrected chi connectivity index (χ2v) is 5.11. The fourth-order valence-corrected chi connectivity index (χ4v) is 2.05. The van der Waals surface area contributed by atoms with Crippen LogP contribution in [0.15, 0.2) is 42.2 Å². The molecule has 2 rings (SSSR count). The number of methoxy groups -OCH3 is 1. The van der Waals surface area contributed by atoms with Gasteiger partial charge in [0.25, 0.3) is 5.91 Å². The molecule has 0 unspecified atom stereocenters. The monoisotopic (exact) mass is 327 g/mol. The molecule has 0 saturated carbocycles. The highest BCUT2D eigenvalue weighted by atomic mass is 35.5. The molecule has 0 radical (unpaired) electrons. The van der Waals surface area contributed by atoms with Crippen molar-refractivity contribution in [1.82, 2.24) is 4.98 Å². The number of nitriles is 1. The van der Waals surface area contributed by atoms with E-state index in [2.05, 4.69) is 10.3 Å². The molecule has 0 fully saturated rings. The molecular weight excluding hydrogens is 314 g/mol. The Kier molecular flexibility index (Phi) is 5.34. The van der Waals surface area contributed by atoms with Crippen LogP contribution < -0.4 is 10.1 Å². The van der Waals surface area contributed by atoms with Crippen molar-refractivity contribution in [3.63, 3.8) is 0 Å². The Bertz CT molecular complexity index is 795. The topological polar surface area (TPSA) is 75.0 Å². The van der Waals surface area contributed by atoms with Crippen LogP contribution in [0.2, 0.25) is 5.02 Å². The van der Waals surface area contributed by atoms with E-state index in [4.69, 9.17) is 16.3 Å². The number of aromatic nitrogens is 1. The molecule has 0 saturated heterocycles. The minimum absolute atomic E-state index is 0.0224. The molecule has 1 N–H and O–H groups in total. The van der Waals surface area contributed by atoms with E-state index in [1.807, 2.05) is 13.0 Å². The molecule has 1 heterocycles. The lowest BCUT2D eigenvalue weighted by Gasteiger charge is -2.12. The van der Waals surface area contributed by atoms with E-state index in [9.17, 15) is 10.1 Å². The van der Waals surface area contributed by atoms with Gasteiger partial charge in [0, 0.05) is 23.5 Å². The lowest BCUT2D eigenvalue weighted by molar-refractivity contribution is -0.112. The molecule has 0 aliphatic carbocycles. The molecule has 0 atom stereocenters. The van der Waals surface area contributed by atoms with Gasteiger partial charge >= 0.3 is 0 Å². The number of carbonyl (C=O) groups is 1. The summed E-state index contributed by atoms with van der Waals surface area (Å²) in [4.78, 5) is 16.2. The van der Waals surface area contributed by atoms with Gasteiger partial charge in [-0.1, -0.05) is 11.6 Å². The first-order valence-corrected chi connectivity index (χ1v) is 7.10. The van der Waals surface area contributed by atoms with E-state index >= 15 is 0 Å². The molecule has 0 bridgehead atoms. The SMILES string of the molecule is COc1cc(Cl)c(C)cc1NC(=O)/C(C#N)=C/c1ccncc1. The fraction of sp³-hybridized carbons (Fsp3) is 0.118. The number of hydrogen-bond acceptors (Lipinski definition) is 4. The summed E-state index contributed by atoms with van der Waals surface area (Å²) in [5.41, 5.74) is 1.94. The van der Waals surface area contributed by atoms with Crippen molar-refractivity contribution < 1.29 is 9.53 Å². The average molecular weight is 328 g/mol. The molecule has 2 aromatic rings. The van der Waals surface area contributed by atoms with Gasteiger partial charge in [0.2, 0.25) is 0 Å². The van der Waals surface area contributed by atoms with E-state index in [-0.39, 0.29) is 5.57 Å². The number of carbonyl (C=O) groups excluding carboxylic acids is 1. The number of pyridine rings is 1. The molecule has 116 valence electrons. The number of anilines is 1. The van der Waals surface area contributed by atoms with Crippen LogP contribution in [0.3, 0.4) is 0 Å². The molecule has 23 heavy (non-hydrogen) atoms. The summed E-state index contributed by atoms with van der Waals surface area (Å²) in [6.45, 7) is 1.81. The summed E-state index contributed by atoms with van der Waals surface area (Å²) < 4.78 is 5.20. The molecule has 5 nitrogen and oxygen atoms in total. The third kappa shape index (κ3) is 4.09. The van der Waals surface area contributed by atoms with Gasteiger partial charge in [-0.3, -0.25) is 9.78 Å². The Morgan fingerprint density at radius 3 is 2.70 bits per heavy atom. The summed E-state index contributed by atoms with van der Waals surface area (Å²) in [5, 5.41) is 12.4. The van der Waals surface area contributed by atoms with Crippen LogP contribution in [0.25, 0.3) is 6.08 Å². The lowest BCUT2D eigenvalue weighted by atomic mass is 10.1. The Hall–Kier alpha value is -2.84. The summed E-state index contributed by atoms with van der Waals surface area (Å²) in [6, 6.07) is 8.62. The highest BCUT2D eigenvalue weighted by molar-refractivity contribution is 6.31. The van der Waals surface area contributed by atoms with Crippen LogP contribution in [0.4, 0.5) is 5.69 Å². The van der Waals surface area contributed by atoms with Gasteiger partial charge in [0.05, 0.1) is 12.8 Å². The first-order valence-electron chi connectivity index (χ1n) is 6.72. The second kappa shape index (κ2) is 7.43. The molecule has 0 aliphatic rings. The molecule has 1 aromatic carbocycles. The zero-order chi connectivity index (χ0) is 16.8. The predicted octanol–water partition coefficient (Wildman–Crippen LogP) is 3.60. The highest BCUT2D eigenvalue weighted by Crippen LogP contribution is 2.31. The van der Waals surface area contributed by atoms with Crippen molar-refractivity contribution in [2.45, 2.75) is 6.92 Å². The number of aryl methyl sites for hydroxylation is 1. The van der Waals surface area contributed by atoms with Crippen LogP contribution in [-0.2, 0) is 4.79 Å². The second-order valence-electron chi connectivity index (χ2n) is 4.71. The first-order chi connectivity index (χ1) is 11.0. The number of rotatable bonds is 4. The molecule has 0 aliphatic heterocycles. The van der Waals surface area contributed by atoms with Gasteiger partial charge < -0.3 is 10.1 Å². The third-order valence-corrected chi connectivity index (χ3v) is 3.52. The van der Waals surface area contributed by atoms with Crippen LogP contribution in [0, 0.1) is 18.3 Å². The van der Waals surface area contributed by atoms with Gasteiger partial charge in [-0.2, -0.15) is 5.26 Å². The fourth-order valence-electron chi connectivity index (χ4n) is 1.89. The standard InChI is InChI=1S/C17H14ClN3O2/c1-11-7-15(16(23-2)9-14(11)18)21-17(22)13(10-19)8-12-3-5-20-6-4-12/h3-9H,1-2H3,(H,21,22)/b13-8+. The van der Waals surface area contributed by atoms with Crippen molar-refractivity contribution in [3.05, 3.63) is 58.4 Å². The number of nitrogens with zero attached hydrogens (tertiary/aromatic N) is 2. The number of hydrogen-bond donors (Lipinski definition) is 1. The smallest absolute Gasteiger partial charge is 0.266 e. The van der Waals surface area contributed by atoms with Gasteiger partial charge in [0.15, 0.2) is 0 Å². The minimum Gasteiger partial charge on any atom is -0.495 e. The van der Waals surface area contributed by atoms with Gasteiger partial charge in [0.1, 0.15) is 17.4 Å². The Morgan fingerprint density at radius 2 is 2.09 bits per heavy atom. The number of benzene rings is 1. The van der Waals surface area contributed by atoms with Crippen LogP contribution >= 0.6 is 11.6 Å². The summed E-state index contributed by atoms with van der Waals surface area (Å²) in [5.74, 6) is -0.0977. The van der Waals surface area contributed by atoms with Gasteiger partial charge in [-0.25, -0.2) is 0 Å². The van der Waals surface area contributed by atoms with E-state index in [1.54, 1.807) is 36.7 Å². The number of ether oxygens (including phenoxy) is 1. The van der Waals surface area contributed by atoms with E-state index in [1.165, 1.54) is 13.2 Å². The Morgan fingerprint density at radius 1 is 1.39 bits per heavy atom. The summed E-state index contributed by atoms with van der Waals surface area (Å²) in [6.07, 6.45) is 4.67. The van der Waals surface area contributed by atoms with Crippen molar-refractivity contribution in [2.24, 2.45) is 0 Å². The zero-order valence-electron chi connectivity index (χ0n) is 12.6. The Labute approximate surface area is 139 Å². The van der Waals surface area contributed by atoms with Crippen molar-refractivity contribution >= 4 is 29.3 Å². The molecule has 1 amide bonds. The highest BCUT2D eigenvalue weighted by Gasteiger charge is 2.14. The summed E-state index contributed by atoms with van der Waals surface area (Å²) in [7, 11) is 1.48. The van der Waals surface area contributed by atoms with Crippen LogP contribution in [-0.4, -0.2) is 18.0 Å². The molecule has 6 heteroatoms. The molecular formula is C17H14ClN3O2. The maximum absolute atomic E-state index is 12.3. The molecule has 0 spiro atoms. The largest absolute Gasteiger partial charge is 0.495 e. The summed E-state index contributed by atoms with van der Waals surface area (Å²) >= 11 is 6.04. The number of nitrogens with one attached hydrogen (secondary N) is 1. The van der Waals surface area contributed by atoms with E-state index in [0.29, 0.717) is 22.0 Å². The number of halogens is 1. The number of amides is 1. The normalized spacial score (nSPS) is 10.8. The average Bonchev–Trinajstić information content (AvgIpc) is 2.56. The van der Waals surface area contributed by atoms with Crippen molar-refractivity contribution in [2.75, 3.05) is 12.4 Å². The van der Waals surface area contributed by atoms with E-state index in [0.717, 1.165) is 5.56 Å². The van der Waals surface area contributed by atoms with Gasteiger partial charge in [-0.15, -0.1) is 0 Å². The Balaban J connectivity index is 2.29. The third-order valence-electron chi connectivity index (χ3n) is 3.11. The van der Waals surface area contributed by atoms with Gasteiger partial charge in [-0.05, 0) is 42.3 Å². The first kappa shape index (κ1) is 16.5. The lowest BCUT2D eigenvalue weighted by Crippen LogP contribution is -2.14.